The predicted molar refractivity (Wildman–Crippen MR) is 53.5 cm³/mol. The highest BCUT2D eigenvalue weighted by molar-refractivity contribution is 6.38. The van der Waals surface area contributed by atoms with E-state index in [4.69, 9.17) is 23.2 Å². The van der Waals surface area contributed by atoms with Crippen molar-refractivity contribution in [1.29, 1.82) is 0 Å². The summed E-state index contributed by atoms with van der Waals surface area (Å²) in [6.07, 6.45) is -5.18. The number of nitro benzene ring substituents is 1. The van der Waals surface area contributed by atoms with Gasteiger partial charge in [-0.1, -0.05) is 23.2 Å². The Morgan fingerprint density at radius 1 is 1.29 bits per heavy atom. The van der Waals surface area contributed by atoms with Gasteiger partial charge in [-0.15, -0.1) is 0 Å². The van der Waals surface area contributed by atoms with E-state index < -0.39 is 33.2 Å². The first-order chi connectivity index (χ1) is 7.64. The summed E-state index contributed by atoms with van der Waals surface area (Å²) in [5.74, 6) is -2.28. The lowest BCUT2D eigenvalue weighted by atomic mass is 10.1. The molecule has 17 heavy (non-hydrogen) atoms. The summed E-state index contributed by atoms with van der Waals surface area (Å²) in [6.45, 7) is 0. The number of benzene rings is 1. The number of ketones is 1. The van der Waals surface area contributed by atoms with E-state index in [-0.39, 0.29) is 5.02 Å². The molecule has 0 aliphatic carbocycles. The van der Waals surface area contributed by atoms with Crippen LogP contribution in [0.3, 0.4) is 0 Å². The minimum Gasteiger partial charge on any atom is -0.284 e. The molecular formula is C8H2Cl2F3NO3. The van der Waals surface area contributed by atoms with Gasteiger partial charge in [0.1, 0.15) is 5.02 Å². The van der Waals surface area contributed by atoms with Gasteiger partial charge in [0.15, 0.2) is 0 Å². The van der Waals surface area contributed by atoms with Gasteiger partial charge < -0.3 is 0 Å². The average molecular weight is 288 g/mol. The molecule has 9 heteroatoms. The molecule has 1 aromatic rings. The van der Waals surface area contributed by atoms with Gasteiger partial charge in [0, 0.05) is 11.1 Å². The molecule has 0 aliphatic rings. The second-order valence-corrected chi connectivity index (χ2v) is 3.68. The van der Waals surface area contributed by atoms with Crippen LogP contribution in [0.2, 0.25) is 10.0 Å². The van der Waals surface area contributed by atoms with Crippen LogP contribution < -0.4 is 0 Å². The molecule has 4 nitrogen and oxygen atoms in total. The lowest BCUT2D eigenvalue weighted by molar-refractivity contribution is -0.384. The second kappa shape index (κ2) is 4.50. The summed E-state index contributed by atoms with van der Waals surface area (Å²) in [6, 6.07) is 1.39. The van der Waals surface area contributed by atoms with Crippen LogP contribution in [0, 0.1) is 10.1 Å². The summed E-state index contributed by atoms with van der Waals surface area (Å²) in [5, 5.41) is 9.20. The largest absolute Gasteiger partial charge is 0.454 e. The van der Waals surface area contributed by atoms with Crippen molar-refractivity contribution in [1.82, 2.24) is 0 Å². The molecule has 0 fully saturated rings. The van der Waals surface area contributed by atoms with Crippen LogP contribution in [-0.4, -0.2) is 16.9 Å². The van der Waals surface area contributed by atoms with Crippen LogP contribution in [0.5, 0.6) is 0 Å². The van der Waals surface area contributed by atoms with Crippen molar-refractivity contribution in [2.24, 2.45) is 0 Å². The monoisotopic (exact) mass is 287 g/mol. The molecule has 1 rings (SSSR count). The molecular weight excluding hydrogens is 286 g/mol. The van der Waals surface area contributed by atoms with Crippen LogP contribution in [0.4, 0.5) is 18.9 Å². The maximum atomic E-state index is 12.2. The highest BCUT2D eigenvalue weighted by Gasteiger charge is 2.41. The third-order valence-electron chi connectivity index (χ3n) is 1.72. The molecule has 0 bridgehead atoms. The maximum absolute atomic E-state index is 12.2. The molecule has 0 spiro atoms. The van der Waals surface area contributed by atoms with E-state index in [1.165, 1.54) is 0 Å². The Morgan fingerprint density at radius 3 is 2.24 bits per heavy atom. The normalized spacial score (nSPS) is 11.4. The van der Waals surface area contributed by atoms with Gasteiger partial charge in [0.2, 0.25) is 0 Å². The maximum Gasteiger partial charge on any atom is 0.454 e. The van der Waals surface area contributed by atoms with E-state index in [1.54, 1.807) is 0 Å². The number of carbonyl (C=O) groups is 1. The smallest absolute Gasteiger partial charge is 0.284 e. The molecule has 0 atom stereocenters. The summed E-state index contributed by atoms with van der Waals surface area (Å²) < 4.78 is 36.5. The minimum atomic E-state index is -5.18. The van der Waals surface area contributed by atoms with Crippen molar-refractivity contribution in [2.45, 2.75) is 6.18 Å². The summed E-state index contributed by atoms with van der Waals surface area (Å²) in [5.41, 5.74) is -1.90. The van der Waals surface area contributed by atoms with Gasteiger partial charge in [0.25, 0.3) is 11.5 Å². The Balaban J connectivity index is 3.45. The average Bonchev–Trinajstić information content (AvgIpc) is 2.18. The third-order valence-corrected chi connectivity index (χ3v) is 2.33. The van der Waals surface area contributed by atoms with Crippen molar-refractivity contribution in [3.63, 3.8) is 0 Å². The zero-order valence-electron chi connectivity index (χ0n) is 7.72. The highest BCUT2D eigenvalue weighted by Crippen LogP contribution is 2.35. The van der Waals surface area contributed by atoms with Gasteiger partial charge >= 0.3 is 6.18 Å². The van der Waals surface area contributed by atoms with Crippen LogP contribution >= 0.6 is 23.2 Å². The molecule has 0 aliphatic heterocycles. The number of hydrogen-bond acceptors (Lipinski definition) is 3. The first-order valence-corrected chi connectivity index (χ1v) is 4.65. The van der Waals surface area contributed by atoms with Crippen LogP contribution in [0.25, 0.3) is 0 Å². The lowest BCUT2D eigenvalue weighted by Gasteiger charge is -2.07. The quantitative estimate of drug-likeness (QED) is 0.474. The molecule has 0 amide bonds. The summed E-state index contributed by atoms with van der Waals surface area (Å²) in [7, 11) is 0. The first-order valence-electron chi connectivity index (χ1n) is 3.89. The molecule has 1 aromatic carbocycles. The standard InChI is InChI=1S/C8H2Cl2F3NO3/c9-3-1-4(7(15)8(11,12)13)6(10)5(2-3)14(16)17/h1-2H. The number of rotatable bonds is 2. The van der Waals surface area contributed by atoms with Gasteiger partial charge in [-0.05, 0) is 6.07 Å². The van der Waals surface area contributed by atoms with Gasteiger partial charge in [-0.2, -0.15) is 13.2 Å². The molecule has 0 unspecified atom stereocenters. The summed E-state index contributed by atoms with van der Waals surface area (Å²) >= 11 is 10.7. The molecule has 0 aromatic heterocycles. The van der Waals surface area contributed by atoms with E-state index in [0.29, 0.717) is 6.07 Å². The zero-order chi connectivity index (χ0) is 13.4. The molecule has 0 saturated carbocycles. The zero-order valence-corrected chi connectivity index (χ0v) is 9.23. The minimum absolute atomic E-state index is 0.381. The third kappa shape index (κ3) is 2.86. The number of hydrogen-bond donors (Lipinski definition) is 0. The van der Waals surface area contributed by atoms with E-state index in [2.05, 4.69) is 0 Å². The number of Topliss-reactive ketones (excluding diaryl/α,β-unsaturated/α-hetero) is 1. The van der Waals surface area contributed by atoms with Gasteiger partial charge in [0.05, 0.1) is 10.5 Å². The number of carbonyl (C=O) groups excluding carboxylic acids is 1. The number of nitro groups is 1. The van der Waals surface area contributed by atoms with Crippen LogP contribution in [-0.2, 0) is 0 Å². The fourth-order valence-electron chi connectivity index (χ4n) is 1.03. The van der Waals surface area contributed by atoms with E-state index in [1.807, 2.05) is 0 Å². The molecule has 0 heterocycles. The van der Waals surface area contributed by atoms with Crippen molar-refractivity contribution >= 4 is 34.7 Å². The Hall–Kier alpha value is -1.34. The Morgan fingerprint density at radius 2 is 1.82 bits per heavy atom. The van der Waals surface area contributed by atoms with E-state index in [0.717, 1.165) is 6.07 Å². The van der Waals surface area contributed by atoms with E-state index >= 15 is 0 Å². The SMILES string of the molecule is O=C(c1cc(Cl)cc([N+](=O)[O-])c1Cl)C(F)(F)F. The van der Waals surface area contributed by atoms with Crippen molar-refractivity contribution in [3.8, 4) is 0 Å². The molecule has 0 saturated heterocycles. The molecule has 92 valence electrons. The first kappa shape index (κ1) is 13.7. The second-order valence-electron chi connectivity index (χ2n) is 2.87. The van der Waals surface area contributed by atoms with Crippen LogP contribution in [0.15, 0.2) is 12.1 Å². The summed E-state index contributed by atoms with van der Waals surface area (Å²) in [4.78, 5) is 20.4. The van der Waals surface area contributed by atoms with Crippen molar-refractivity contribution in [2.75, 3.05) is 0 Å². The van der Waals surface area contributed by atoms with Gasteiger partial charge in [-0.25, -0.2) is 0 Å². The van der Waals surface area contributed by atoms with E-state index in [9.17, 15) is 28.1 Å². The Bertz CT molecular complexity index is 502. The fraction of sp³-hybridized carbons (Fsp3) is 0.125. The predicted octanol–water partition coefficient (Wildman–Crippen LogP) is 3.65. The number of halogens is 5. The van der Waals surface area contributed by atoms with Crippen molar-refractivity contribution < 1.29 is 22.9 Å². The van der Waals surface area contributed by atoms with Crippen molar-refractivity contribution in [3.05, 3.63) is 37.9 Å². The molecule has 0 N–H and O–H groups in total. The Kier molecular flexibility index (Phi) is 3.63. The molecule has 0 radical (unpaired) electrons. The highest BCUT2D eigenvalue weighted by atomic mass is 35.5. The number of alkyl halides is 3. The van der Waals surface area contributed by atoms with Crippen LogP contribution in [0.1, 0.15) is 10.4 Å². The number of nitrogens with zero attached hydrogens (tertiary/aromatic N) is 1. The van der Waals surface area contributed by atoms with Gasteiger partial charge in [-0.3, -0.25) is 14.9 Å². The Labute approximate surface area is 102 Å². The lowest BCUT2D eigenvalue weighted by Crippen LogP contribution is -2.23. The fourth-order valence-corrected chi connectivity index (χ4v) is 1.50. The topological polar surface area (TPSA) is 60.2 Å².